The quantitative estimate of drug-likeness (QED) is 0.858. The topological polar surface area (TPSA) is 30.3 Å². The molecule has 102 valence electrons. The zero-order valence-electron chi connectivity index (χ0n) is 11.4. The van der Waals surface area contributed by atoms with E-state index in [2.05, 4.69) is 33.0 Å². The molecule has 0 fully saturated rings. The lowest BCUT2D eigenvalue weighted by Crippen LogP contribution is -2.34. The van der Waals surface area contributed by atoms with Crippen LogP contribution in [0.4, 0.5) is 0 Å². The van der Waals surface area contributed by atoms with Gasteiger partial charge in [-0.1, -0.05) is 0 Å². The third kappa shape index (κ3) is 2.73. The van der Waals surface area contributed by atoms with Crippen LogP contribution in [0.5, 0.6) is 0 Å². The second kappa shape index (κ2) is 5.45. The fourth-order valence-electron chi connectivity index (χ4n) is 2.81. The monoisotopic (exact) mass is 277 g/mol. The zero-order chi connectivity index (χ0) is 13.2. The van der Waals surface area contributed by atoms with Gasteiger partial charge in [0.1, 0.15) is 0 Å². The lowest BCUT2D eigenvalue weighted by atomic mass is 9.95. The summed E-state index contributed by atoms with van der Waals surface area (Å²) in [6.07, 6.45) is 2.14. The van der Waals surface area contributed by atoms with E-state index >= 15 is 0 Å². The Morgan fingerprint density at radius 3 is 3.16 bits per heavy atom. The first-order valence-corrected chi connectivity index (χ1v) is 7.45. The van der Waals surface area contributed by atoms with Crippen LogP contribution >= 0.6 is 11.3 Å². The van der Waals surface area contributed by atoms with Gasteiger partial charge in [-0.2, -0.15) is 16.4 Å². The van der Waals surface area contributed by atoms with Crippen molar-refractivity contribution in [2.45, 2.75) is 19.0 Å². The minimum Gasteiger partial charge on any atom is -0.384 e. The molecule has 2 aromatic heterocycles. The fraction of sp³-hybridized carbons (Fsp3) is 0.500. The van der Waals surface area contributed by atoms with Crippen molar-refractivity contribution in [3.05, 3.63) is 39.8 Å². The first-order valence-electron chi connectivity index (χ1n) is 6.51. The molecule has 1 atom stereocenters. The van der Waals surface area contributed by atoms with Gasteiger partial charge in [0, 0.05) is 51.5 Å². The Hall–Kier alpha value is -1.17. The molecule has 4 nitrogen and oxygen atoms in total. The summed E-state index contributed by atoms with van der Waals surface area (Å²) in [7, 11) is 3.76. The van der Waals surface area contributed by atoms with E-state index in [1.54, 1.807) is 18.4 Å². The van der Waals surface area contributed by atoms with E-state index in [9.17, 15) is 0 Å². The van der Waals surface area contributed by atoms with Crippen LogP contribution in [-0.4, -0.2) is 34.9 Å². The summed E-state index contributed by atoms with van der Waals surface area (Å²) in [6.45, 7) is 3.74. The third-order valence-corrected chi connectivity index (χ3v) is 4.32. The van der Waals surface area contributed by atoms with Crippen LogP contribution in [-0.2, 0) is 24.9 Å². The van der Waals surface area contributed by atoms with Crippen molar-refractivity contribution in [3.63, 3.8) is 0 Å². The highest BCUT2D eigenvalue weighted by Crippen LogP contribution is 2.28. The SMILES string of the molecule is COC[C@@H]1CN(Cc2ccsc2)Cc2nn(C)cc21. The summed E-state index contributed by atoms with van der Waals surface area (Å²) in [5, 5.41) is 8.94. The molecule has 3 heterocycles. The van der Waals surface area contributed by atoms with Crippen LogP contribution in [0.25, 0.3) is 0 Å². The number of ether oxygens (including phenoxy) is 1. The van der Waals surface area contributed by atoms with Crippen LogP contribution in [0.2, 0.25) is 0 Å². The Morgan fingerprint density at radius 1 is 1.53 bits per heavy atom. The smallest absolute Gasteiger partial charge is 0.0800 e. The highest BCUT2D eigenvalue weighted by Gasteiger charge is 2.27. The number of nitrogens with zero attached hydrogens (tertiary/aromatic N) is 3. The molecule has 2 aromatic rings. The van der Waals surface area contributed by atoms with Crippen molar-refractivity contribution in [1.29, 1.82) is 0 Å². The number of thiophene rings is 1. The summed E-state index contributed by atoms with van der Waals surface area (Å²) in [6, 6.07) is 2.20. The first kappa shape index (κ1) is 12.8. The van der Waals surface area contributed by atoms with E-state index in [1.165, 1.54) is 16.8 Å². The molecule has 0 bridgehead atoms. The van der Waals surface area contributed by atoms with Crippen molar-refractivity contribution in [2.75, 3.05) is 20.3 Å². The summed E-state index contributed by atoms with van der Waals surface area (Å²) in [5.74, 6) is 0.432. The van der Waals surface area contributed by atoms with E-state index < -0.39 is 0 Å². The predicted octanol–water partition coefficient (Wildman–Crippen LogP) is 2.23. The summed E-state index contributed by atoms with van der Waals surface area (Å²) in [4.78, 5) is 2.46. The molecule has 0 spiro atoms. The van der Waals surface area contributed by atoms with Gasteiger partial charge in [-0.25, -0.2) is 0 Å². The van der Waals surface area contributed by atoms with E-state index in [-0.39, 0.29) is 0 Å². The Morgan fingerprint density at radius 2 is 2.42 bits per heavy atom. The molecular formula is C14H19N3OS. The number of fused-ring (bicyclic) bond motifs is 1. The third-order valence-electron chi connectivity index (χ3n) is 3.58. The minimum atomic E-state index is 0.432. The number of hydrogen-bond donors (Lipinski definition) is 0. The molecular weight excluding hydrogens is 258 g/mol. The Labute approximate surface area is 117 Å². The molecule has 19 heavy (non-hydrogen) atoms. The van der Waals surface area contributed by atoms with Gasteiger partial charge in [0.25, 0.3) is 0 Å². The molecule has 5 heteroatoms. The Bertz CT molecular complexity index is 535. The maximum absolute atomic E-state index is 5.37. The van der Waals surface area contributed by atoms with Gasteiger partial charge in [0.2, 0.25) is 0 Å². The first-order chi connectivity index (χ1) is 9.26. The van der Waals surface area contributed by atoms with Gasteiger partial charge < -0.3 is 4.74 Å². The highest BCUT2D eigenvalue weighted by molar-refractivity contribution is 7.07. The van der Waals surface area contributed by atoms with Crippen LogP contribution in [0.15, 0.2) is 23.0 Å². The van der Waals surface area contributed by atoms with Crippen molar-refractivity contribution in [3.8, 4) is 0 Å². The molecule has 0 amide bonds. The van der Waals surface area contributed by atoms with Gasteiger partial charge >= 0.3 is 0 Å². The molecule has 0 N–H and O–H groups in total. The summed E-state index contributed by atoms with van der Waals surface area (Å²) < 4.78 is 7.29. The van der Waals surface area contributed by atoms with Gasteiger partial charge in [-0.05, 0) is 22.4 Å². The number of aromatic nitrogens is 2. The second-order valence-corrected chi connectivity index (χ2v) is 5.94. The number of methoxy groups -OCH3 is 1. The lowest BCUT2D eigenvalue weighted by Gasteiger charge is -2.31. The highest BCUT2D eigenvalue weighted by atomic mass is 32.1. The van der Waals surface area contributed by atoms with E-state index in [4.69, 9.17) is 4.74 Å². The number of rotatable bonds is 4. The molecule has 1 aliphatic heterocycles. The molecule has 0 saturated carbocycles. The number of aryl methyl sites for hydroxylation is 1. The second-order valence-electron chi connectivity index (χ2n) is 5.16. The Balaban J connectivity index is 1.79. The minimum absolute atomic E-state index is 0.432. The number of hydrogen-bond acceptors (Lipinski definition) is 4. The van der Waals surface area contributed by atoms with Crippen LogP contribution in [0, 0.1) is 0 Å². The van der Waals surface area contributed by atoms with Crippen LogP contribution < -0.4 is 0 Å². The van der Waals surface area contributed by atoms with E-state index in [0.717, 1.165) is 26.2 Å². The van der Waals surface area contributed by atoms with Crippen molar-refractivity contribution < 1.29 is 4.74 Å². The largest absolute Gasteiger partial charge is 0.384 e. The molecule has 0 saturated heterocycles. The average Bonchev–Trinajstić information content (AvgIpc) is 2.98. The van der Waals surface area contributed by atoms with E-state index in [0.29, 0.717) is 5.92 Å². The summed E-state index contributed by atoms with van der Waals surface area (Å²) in [5.41, 5.74) is 3.94. The molecule has 3 rings (SSSR count). The van der Waals surface area contributed by atoms with Gasteiger partial charge in [0.15, 0.2) is 0 Å². The van der Waals surface area contributed by atoms with Crippen molar-refractivity contribution in [2.24, 2.45) is 7.05 Å². The maximum Gasteiger partial charge on any atom is 0.0800 e. The Kier molecular flexibility index (Phi) is 3.68. The van der Waals surface area contributed by atoms with Crippen molar-refractivity contribution in [1.82, 2.24) is 14.7 Å². The van der Waals surface area contributed by atoms with Gasteiger partial charge in [-0.3, -0.25) is 9.58 Å². The summed E-state index contributed by atoms with van der Waals surface area (Å²) >= 11 is 1.76. The average molecular weight is 277 g/mol. The lowest BCUT2D eigenvalue weighted by molar-refractivity contribution is 0.135. The molecule has 0 radical (unpaired) electrons. The maximum atomic E-state index is 5.37. The van der Waals surface area contributed by atoms with Crippen LogP contribution in [0.1, 0.15) is 22.7 Å². The van der Waals surface area contributed by atoms with Crippen molar-refractivity contribution >= 4 is 11.3 Å². The standard InChI is InChI=1S/C14H19N3OS/c1-16-7-13-12(9-18-2)6-17(8-14(13)15-16)5-11-3-4-19-10-11/h3-4,7,10,12H,5-6,8-9H2,1-2H3/t12-/m0/s1. The molecule has 1 aliphatic rings. The molecule has 0 aromatic carbocycles. The predicted molar refractivity (Wildman–Crippen MR) is 76.3 cm³/mol. The zero-order valence-corrected chi connectivity index (χ0v) is 12.2. The van der Waals surface area contributed by atoms with Crippen LogP contribution in [0.3, 0.4) is 0 Å². The molecule has 0 unspecified atom stereocenters. The fourth-order valence-corrected chi connectivity index (χ4v) is 3.47. The van der Waals surface area contributed by atoms with Gasteiger partial charge in [-0.15, -0.1) is 0 Å². The van der Waals surface area contributed by atoms with Gasteiger partial charge in [0.05, 0.1) is 12.3 Å². The molecule has 0 aliphatic carbocycles. The normalized spacial score (nSPS) is 19.6. The van der Waals surface area contributed by atoms with E-state index in [1.807, 2.05) is 11.7 Å².